The minimum Gasteiger partial charge on any atom is -0.301 e. The molecule has 1 aromatic carbocycles. The first-order valence-corrected chi connectivity index (χ1v) is 15.2. The topological polar surface area (TPSA) is 158 Å². The highest BCUT2D eigenvalue weighted by molar-refractivity contribution is 7.87. The van der Waals surface area contributed by atoms with E-state index >= 15 is 0 Å². The number of rotatable bonds is 8. The zero-order valence-electron chi connectivity index (χ0n) is 23.7. The van der Waals surface area contributed by atoms with Gasteiger partial charge in [0.05, 0.1) is 21.5 Å². The van der Waals surface area contributed by atoms with Gasteiger partial charge in [0, 0.05) is 36.3 Å². The van der Waals surface area contributed by atoms with Gasteiger partial charge in [0.25, 0.3) is 5.56 Å². The van der Waals surface area contributed by atoms with E-state index < -0.39 is 43.3 Å². The molecule has 0 aliphatic rings. The van der Waals surface area contributed by atoms with Gasteiger partial charge in [0.1, 0.15) is 0 Å². The second-order valence-electron chi connectivity index (χ2n) is 10.1. The van der Waals surface area contributed by atoms with Gasteiger partial charge in [-0.15, -0.1) is 0 Å². The Morgan fingerprint density at radius 1 is 1.02 bits per heavy atom. The predicted molar refractivity (Wildman–Crippen MR) is 159 cm³/mol. The summed E-state index contributed by atoms with van der Waals surface area (Å²) in [5.41, 5.74) is -1.08. The first-order chi connectivity index (χ1) is 18.7. The van der Waals surface area contributed by atoms with E-state index in [-0.39, 0.29) is 12.1 Å². The summed E-state index contributed by atoms with van der Waals surface area (Å²) in [6, 6.07) is 5.67. The molecule has 0 bridgehead atoms. The number of benzene rings is 1. The van der Waals surface area contributed by atoms with Gasteiger partial charge < -0.3 is 4.57 Å². The van der Waals surface area contributed by atoms with Crippen LogP contribution < -0.4 is 16.0 Å². The lowest BCUT2D eigenvalue weighted by Gasteiger charge is -2.31. The molecule has 41 heavy (non-hydrogen) atoms. The highest BCUT2D eigenvalue weighted by Crippen LogP contribution is 2.34. The summed E-state index contributed by atoms with van der Waals surface area (Å²) in [7, 11) is -2.52. The van der Waals surface area contributed by atoms with Gasteiger partial charge in [-0.25, -0.2) is 14.1 Å². The largest absolute Gasteiger partial charge is 0.335 e. The number of nitrogens with zero attached hydrogens (tertiary/aromatic N) is 4. The Morgan fingerprint density at radius 3 is 2.05 bits per heavy atom. The van der Waals surface area contributed by atoms with Crippen LogP contribution in [0, 0.1) is 6.92 Å². The summed E-state index contributed by atoms with van der Waals surface area (Å²) in [5.74, 6) is -0.732. The second-order valence-corrected chi connectivity index (χ2v) is 13.2. The van der Waals surface area contributed by atoms with Crippen LogP contribution in [0.2, 0.25) is 0 Å². The van der Waals surface area contributed by atoms with Gasteiger partial charge in [-0.2, -0.15) is 17.1 Å². The van der Waals surface area contributed by atoms with Crippen LogP contribution in [-0.2, 0) is 37.1 Å². The van der Waals surface area contributed by atoms with E-state index in [2.05, 4.69) is 32.3 Å². The van der Waals surface area contributed by atoms with Crippen molar-refractivity contribution >= 4 is 71.4 Å². The molecule has 0 fully saturated rings. The number of hydrogen-bond donors (Lipinski definition) is 1. The Morgan fingerprint density at radius 2 is 1.56 bits per heavy atom. The molecule has 1 amide bonds. The third kappa shape index (κ3) is 7.49. The number of aromatic nitrogens is 3. The van der Waals surface area contributed by atoms with Crippen molar-refractivity contribution in [3.63, 3.8) is 0 Å². The number of nitrogens with one attached hydrogen (secondary N) is 1. The average molecular weight is 649 g/mol. The molecule has 0 saturated carbocycles. The maximum absolute atomic E-state index is 13.3. The maximum Gasteiger partial charge on any atom is 0.335 e. The summed E-state index contributed by atoms with van der Waals surface area (Å²) >= 11 is 10.1. The van der Waals surface area contributed by atoms with Crippen molar-refractivity contribution in [2.24, 2.45) is 7.05 Å². The Kier molecular flexibility index (Phi) is 10.8. The average Bonchev–Trinajstić information content (AvgIpc) is 3.26. The van der Waals surface area contributed by atoms with Crippen molar-refractivity contribution < 1.29 is 22.8 Å². The summed E-state index contributed by atoms with van der Waals surface area (Å²) in [6.45, 7) is 11.8. The van der Waals surface area contributed by atoms with E-state index in [1.54, 1.807) is 73.7 Å². The summed E-state index contributed by atoms with van der Waals surface area (Å²) in [6.07, 6.45) is 0. The molecular formula is C25H31Cl2N5O7S2. The van der Waals surface area contributed by atoms with Crippen LogP contribution in [-0.4, -0.2) is 54.7 Å². The Bertz CT molecular complexity index is 1700. The molecule has 3 aromatic rings. The quantitative estimate of drug-likeness (QED) is 0.289. The lowest BCUT2D eigenvalue weighted by Crippen LogP contribution is -2.53. The maximum atomic E-state index is 13.3. The van der Waals surface area contributed by atoms with Crippen LogP contribution in [0.1, 0.15) is 52.9 Å². The van der Waals surface area contributed by atoms with E-state index in [0.29, 0.717) is 22.5 Å². The van der Waals surface area contributed by atoms with Gasteiger partial charge in [0.2, 0.25) is 5.91 Å². The SMILES string of the molecule is Cc1cc(=O)n(-c2ccc3snc(C(C)(C)C(=O)NS(=O)(=O)N(C(C)C)C(C)C)c3c2)c(=O)n1C.O=C(Cl)C(=O)Cl. The highest BCUT2D eigenvalue weighted by atomic mass is 35.5. The lowest BCUT2D eigenvalue weighted by atomic mass is 9.86. The lowest BCUT2D eigenvalue weighted by molar-refractivity contribution is -0.127. The number of carbonyl (C=O) groups excluding carboxylic acids is 3. The Balaban J connectivity index is 0.000000883. The number of carbonyl (C=O) groups is 3. The van der Waals surface area contributed by atoms with Gasteiger partial charge in [-0.3, -0.25) is 19.2 Å². The molecule has 16 heteroatoms. The molecule has 0 aliphatic carbocycles. The summed E-state index contributed by atoms with van der Waals surface area (Å²) in [4.78, 5) is 57.5. The monoisotopic (exact) mass is 647 g/mol. The normalized spacial score (nSPS) is 12.0. The Hall–Kier alpha value is -2.91. The standard InChI is InChI=1S/C23H31N5O5S2.C2Cl2O2/c1-13(2)28(14(3)4)35(32,33)25-21(30)23(6,7)20-17-12-16(9-10-18(17)34-24-20)27-19(29)11-15(5)26(8)22(27)31;3-1(5)2(4)6/h9-14H,1-8H3,(H,25,30);. The van der Waals surface area contributed by atoms with Crippen molar-refractivity contribution in [3.8, 4) is 5.69 Å². The van der Waals surface area contributed by atoms with Gasteiger partial charge in [0.15, 0.2) is 0 Å². The zero-order valence-corrected chi connectivity index (χ0v) is 26.8. The molecule has 12 nitrogen and oxygen atoms in total. The van der Waals surface area contributed by atoms with E-state index in [9.17, 15) is 32.4 Å². The van der Waals surface area contributed by atoms with Crippen LogP contribution in [0.4, 0.5) is 0 Å². The molecule has 0 radical (unpaired) electrons. The summed E-state index contributed by atoms with van der Waals surface area (Å²) < 4.78 is 37.0. The fraction of sp³-hybridized carbons (Fsp3) is 0.440. The summed E-state index contributed by atoms with van der Waals surface area (Å²) in [5, 5.41) is -1.72. The first-order valence-electron chi connectivity index (χ1n) is 12.2. The molecule has 2 heterocycles. The molecule has 224 valence electrons. The molecule has 0 saturated heterocycles. The van der Waals surface area contributed by atoms with Crippen LogP contribution >= 0.6 is 34.7 Å². The number of hydrogen-bond acceptors (Lipinski definition) is 9. The highest BCUT2D eigenvalue weighted by Gasteiger charge is 2.39. The molecular weight excluding hydrogens is 617 g/mol. The van der Waals surface area contributed by atoms with Crippen molar-refractivity contribution in [1.29, 1.82) is 0 Å². The minimum atomic E-state index is -4.10. The molecule has 0 aliphatic heterocycles. The van der Waals surface area contributed by atoms with E-state index in [4.69, 9.17) is 0 Å². The van der Waals surface area contributed by atoms with Crippen LogP contribution in [0.15, 0.2) is 33.9 Å². The van der Waals surface area contributed by atoms with Gasteiger partial charge >= 0.3 is 26.4 Å². The fourth-order valence-electron chi connectivity index (χ4n) is 4.05. The second kappa shape index (κ2) is 12.9. The third-order valence-electron chi connectivity index (χ3n) is 6.10. The van der Waals surface area contributed by atoms with Crippen LogP contribution in [0.25, 0.3) is 15.8 Å². The Labute approximate surface area is 251 Å². The smallest absolute Gasteiger partial charge is 0.301 e. The van der Waals surface area contributed by atoms with E-state index in [1.165, 1.54) is 14.9 Å². The van der Waals surface area contributed by atoms with Crippen LogP contribution in [0.3, 0.4) is 0 Å². The minimum absolute atomic E-state index is 0.333. The van der Waals surface area contributed by atoms with Crippen molar-refractivity contribution in [2.45, 2.75) is 66.0 Å². The molecule has 0 unspecified atom stereocenters. The predicted octanol–water partition coefficient (Wildman–Crippen LogP) is 2.73. The van der Waals surface area contributed by atoms with Gasteiger partial charge in [-0.05, 0) is 101 Å². The molecule has 1 N–H and O–H groups in total. The number of halogens is 2. The van der Waals surface area contributed by atoms with Crippen molar-refractivity contribution in [1.82, 2.24) is 22.5 Å². The third-order valence-corrected chi connectivity index (χ3v) is 9.21. The fourth-order valence-corrected chi connectivity index (χ4v) is 6.65. The van der Waals surface area contributed by atoms with E-state index in [0.717, 1.165) is 20.8 Å². The molecule has 3 rings (SSSR count). The number of aryl methyl sites for hydroxylation is 1. The number of amides is 1. The van der Waals surface area contributed by atoms with Crippen molar-refractivity contribution in [3.05, 3.63) is 56.5 Å². The van der Waals surface area contributed by atoms with Crippen molar-refractivity contribution in [2.75, 3.05) is 0 Å². The number of fused-ring (bicyclic) bond motifs is 1. The molecule has 2 aromatic heterocycles. The molecule has 0 spiro atoms. The van der Waals surface area contributed by atoms with E-state index in [1.807, 2.05) is 0 Å². The first kappa shape index (κ1) is 34.3. The van der Waals surface area contributed by atoms with Crippen LogP contribution in [0.5, 0.6) is 0 Å². The zero-order chi connectivity index (χ0) is 31.6. The molecule has 0 atom stereocenters. The van der Waals surface area contributed by atoms with Gasteiger partial charge in [-0.1, -0.05) is 0 Å².